The third-order valence-electron chi connectivity index (χ3n) is 2.97. The monoisotopic (exact) mass is 232 g/mol. The molecule has 0 N–H and O–H groups in total. The third kappa shape index (κ3) is 3.28. The van der Waals surface area contributed by atoms with E-state index in [0.717, 1.165) is 11.3 Å². The second-order valence-electron chi connectivity index (χ2n) is 4.28. The molecule has 0 spiro atoms. The highest BCUT2D eigenvalue weighted by Gasteiger charge is 2.09. The Bertz CT molecular complexity index is 402. The highest BCUT2D eigenvalue weighted by Crippen LogP contribution is 2.29. The van der Waals surface area contributed by atoms with E-state index in [1.54, 1.807) is 0 Å². The van der Waals surface area contributed by atoms with E-state index >= 15 is 0 Å². The van der Waals surface area contributed by atoms with E-state index in [4.69, 9.17) is 0 Å². The van der Waals surface area contributed by atoms with E-state index in [1.165, 1.54) is 16.7 Å². The van der Waals surface area contributed by atoms with Gasteiger partial charge in [0.1, 0.15) is 0 Å². The Morgan fingerprint density at radius 2 is 2.06 bits per heavy atom. The van der Waals surface area contributed by atoms with Crippen LogP contribution in [0.4, 0.5) is 0 Å². The molecule has 1 rings (SSSR count). The van der Waals surface area contributed by atoms with Crippen LogP contribution in [0.2, 0.25) is 0 Å². The summed E-state index contributed by atoms with van der Waals surface area (Å²) in [7, 11) is 0. The lowest BCUT2D eigenvalue weighted by atomic mass is 9.91. The maximum atomic E-state index is 4.50. The van der Waals surface area contributed by atoms with Crippen molar-refractivity contribution in [3.05, 3.63) is 48.1 Å². The van der Waals surface area contributed by atoms with Gasteiger partial charge in [-0.3, -0.25) is 0 Å². The van der Waals surface area contributed by atoms with Crippen molar-refractivity contribution in [2.45, 2.75) is 32.1 Å². The summed E-state index contributed by atoms with van der Waals surface area (Å²) in [6.45, 7) is 10.4. The van der Waals surface area contributed by atoms with Gasteiger partial charge in [-0.2, -0.15) is 0 Å². The van der Waals surface area contributed by atoms with Gasteiger partial charge in [-0.05, 0) is 43.4 Å². The Morgan fingerprint density at radius 3 is 2.56 bits per heavy atom. The van der Waals surface area contributed by atoms with E-state index in [1.807, 2.05) is 12.1 Å². The number of hydrogen-bond donors (Lipinski definition) is 1. The van der Waals surface area contributed by atoms with E-state index in [2.05, 4.69) is 58.2 Å². The molecule has 86 valence electrons. The first-order valence-electron chi connectivity index (χ1n) is 5.65. The predicted octanol–water partition coefficient (Wildman–Crippen LogP) is 4.98. The maximum Gasteiger partial charge on any atom is 0.0115 e. The van der Waals surface area contributed by atoms with Gasteiger partial charge in [0, 0.05) is 4.90 Å². The number of benzene rings is 1. The van der Waals surface area contributed by atoms with Crippen LogP contribution in [-0.2, 0) is 0 Å². The van der Waals surface area contributed by atoms with Crippen LogP contribution in [0.15, 0.2) is 47.4 Å². The van der Waals surface area contributed by atoms with Crippen molar-refractivity contribution < 1.29 is 0 Å². The molecule has 0 aromatic heterocycles. The summed E-state index contributed by atoms with van der Waals surface area (Å²) in [5.74, 6) is 0.513. The van der Waals surface area contributed by atoms with Crippen LogP contribution in [0, 0.1) is 5.92 Å². The number of hydrogen-bond acceptors (Lipinski definition) is 1. The Kier molecular flexibility index (Phi) is 4.88. The molecule has 16 heavy (non-hydrogen) atoms. The minimum absolute atomic E-state index is 0.513. The zero-order chi connectivity index (χ0) is 12.1. The molecule has 1 heteroatoms. The molecule has 0 nitrogen and oxygen atoms in total. The van der Waals surface area contributed by atoms with Gasteiger partial charge in [0.2, 0.25) is 0 Å². The highest BCUT2D eigenvalue weighted by atomic mass is 32.1. The van der Waals surface area contributed by atoms with Gasteiger partial charge in [-0.25, -0.2) is 0 Å². The Hall–Kier alpha value is -0.950. The van der Waals surface area contributed by atoms with Crippen molar-refractivity contribution in [2.75, 3.05) is 0 Å². The van der Waals surface area contributed by atoms with Gasteiger partial charge in [-0.1, -0.05) is 43.4 Å². The minimum Gasteiger partial charge on any atom is -0.143 e. The summed E-state index contributed by atoms with van der Waals surface area (Å²) in [4.78, 5) is 1.05. The fourth-order valence-electron chi connectivity index (χ4n) is 1.63. The smallest absolute Gasteiger partial charge is 0.0115 e. The van der Waals surface area contributed by atoms with Crippen LogP contribution < -0.4 is 0 Å². The van der Waals surface area contributed by atoms with Gasteiger partial charge in [-0.15, -0.1) is 12.6 Å². The molecule has 0 fully saturated rings. The lowest BCUT2D eigenvalue weighted by molar-refractivity contribution is 0.707. The van der Waals surface area contributed by atoms with Gasteiger partial charge < -0.3 is 0 Å². The fourth-order valence-corrected chi connectivity index (χ4v) is 1.94. The average Bonchev–Trinajstić information content (AvgIpc) is 2.26. The molecule has 1 aromatic rings. The molecule has 1 atom stereocenters. The molecular formula is C15H20S. The zero-order valence-electron chi connectivity index (χ0n) is 10.3. The molecule has 0 aliphatic carbocycles. The van der Waals surface area contributed by atoms with E-state index in [9.17, 15) is 0 Å². The highest BCUT2D eigenvalue weighted by molar-refractivity contribution is 7.80. The zero-order valence-corrected chi connectivity index (χ0v) is 11.2. The van der Waals surface area contributed by atoms with Gasteiger partial charge in [0.05, 0.1) is 0 Å². The van der Waals surface area contributed by atoms with E-state index in [0.29, 0.717) is 5.92 Å². The SMILES string of the molecule is C=C(C)C(C)C/C(=C/C)c1ccccc1S. The van der Waals surface area contributed by atoms with Crippen LogP contribution >= 0.6 is 12.6 Å². The second-order valence-corrected chi connectivity index (χ2v) is 4.76. The largest absolute Gasteiger partial charge is 0.143 e. The van der Waals surface area contributed by atoms with Crippen LogP contribution in [0.5, 0.6) is 0 Å². The van der Waals surface area contributed by atoms with Gasteiger partial charge >= 0.3 is 0 Å². The lowest BCUT2D eigenvalue weighted by Gasteiger charge is -2.15. The van der Waals surface area contributed by atoms with Gasteiger partial charge in [0.15, 0.2) is 0 Å². The van der Waals surface area contributed by atoms with Crippen molar-refractivity contribution in [1.29, 1.82) is 0 Å². The Labute approximate surface area is 104 Å². The molecule has 0 saturated carbocycles. The number of rotatable bonds is 4. The molecule has 0 heterocycles. The van der Waals surface area contributed by atoms with Gasteiger partial charge in [0.25, 0.3) is 0 Å². The summed E-state index contributed by atoms with van der Waals surface area (Å²) in [6, 6.07) is 8.24. The standard InChI is InChI=1S/C15H20S/c1-5-13(10-12(4)11(2)3)14-8-6-7-9-15(14)16/h5-9,12,16H,2,10H2,1,3-4H3/b13-5-. The Morgan fingerprint density at radius 1 is 1.44 bits per heavy atom. The molecule has 0 radical (unpaired) electrons. The van der Waals surface area contributed by atoms with Crippen molar-refractivity contribution in [3.63, 3.8) is 0 Å². The molecule has 0 saturated heterocycles. The first-order valence-corrected chi connectivity index (χ1v) is 6.10. The first kappa shape index (κ1) is 13.1. The molecule has 0 aliphatic rings. The third-order valence-corrected chi connectivity index (χ3v) is 3.36. The molecule has 0 bridgehead atoms. The van der Waals surface area contributed by atoms with Crippen LogP contribution in [-0.4, -0.2) is 0 Å². The topological polar surface area (TPSA) is 0 Å². The average molecular weight is 232 g/mol. The summed E-state index contributed by atoms with van der Waals surface area (Å²) < 4.78 is 0. The molecular weight excluding hydrogens is 212 g/mol. The molecule has 1 aromatic carbocycles. The van der Waals surface area contributed by atoms with E-state index < -0.39 is 0 Å². The minimum atomic E-state index is 0.513. The maximum absolute atomic E-state index is 4.50. The first-order chi connectivity index (χ1) is 7.56. The summed E-state index contributed by atoms with van der Waals surface area (Å²) in [5.41, 5.74) is 3.82. The normalized spacial score (nSPS) is 13.6. The second kappa shape index (κ2) is 5.95. The molecule has 1 unspecified atom stereocenters. The summed E-state index contributed by atoms with van der Waals surface area (Å²) in [6.07, 6.45) is 3.21. The lowest BCUT2D eigenvalue weighted by Crippen LogP contribution is -1.98. The van der Waals surface area contributed by atoms with E-state index in [-0.39, 0.29) is 0 Å². The number of allylic oxidation sites excluding steroid dienone is 3. The number of thiol groups is 1. The van der Waals surface area contributed by atoms with Crippen LogP contribution in [0.3, 0.4) is 0 Å². The van der Waals surface area contributed by atoms with Crippen molar-refractivity contribution in [2.24, 2.45) is 5.92 Å². The molecule has 0 aliphatic heterocycles. The van der Waals surface area contributed by atoms with Crippen molar-refractivity contribution in [3.8, 4) is 0 Å². The van der Waals surface area contributed by atoms with Crippen molar-refractivity contribution in [1.82, 2.24) is 0 Å². The predicted molar refractivity (Wildman–Crippen MR) is 75.9 cm³/mol. The Balaban J connectivity index is 2.93. The summed E-state index contributed by atoms with van der Waals surface area (Å²) >= 11 is 4.50. The van der Waals surface area contributed by atoms with Crippen LogP contribution in [0.1, 0.15) is 32.8 Å². The quantitative estimate of drug-likeness (QED) is 0.549. The van der Waals surface area contributed by atoms with Crippen LogP contribution in [0.25, 0.3) is 5.57 Å². The summed E-state index contributed by atoms with van der Waals surface area (Å²) in [5, 5.41) is 0. The van der Waals surface area contributed by atoms with Crippen molar-refractivity contribution >= 4 is 18.2 Å². The molecule has 0 amide bonds. The fraction of sp³-hybridized carbons (Fsp3) is 0.333.